The molecular weight excluding hydrogens is 465 g/mol. The van der Waals surface area contributed by atoms with Crippen LogP contribution in [0.3, 0.4) is 0 Å². The Bertz CT molecular complexity index is 1150. The van der Waals surface area contributed by atoms with Crippen molar-refractivity contribution in [3.8, 4) is 0 Å². The fourth-order valence-electron chi connectivity index (χ4n) is 5.44. The second-order valence-electron chi connectivity index (χ2n) is 10.0. The predicted octanol–water partition coefficient (Wildman–Crippen LogP) is 9.79. The van der Waals surface area contributed by atoms with E-state index < -0.39 is 16.7 Å². The number of benzene rings is 3. The van der Waals surface area contributed by atoms with Crippen LogP contribution < -0.4 is 0 Å². The van der Waals surface area contributed by atoms with Gasteiger partial charge in [0.2, 0.25) is 0 Å². The van der Waals surface area contributed by atoms with Gasteiger partial charge in [0.1, 0.15) is 22.5 Å². The average Bonchev–Trinajstić information content (AvgIpc) is 2.86. The lowest BCUT2D eigenvalue weighted by atomic mass is 9.78. The van der Waals surface area contributed by atoms with E-state index in [0.717, 1.165) is 23.6 Å². The van der Waals surface area contributed by atoms with E-state index in [-0.39, 0.29) is 5.82 Å². The molecule has 4 rings (SSSR count). The third-order valence-electron chi connectivity index (χ3n) is 7.61. The highest BCUT2D eigenvalue weighted by Gasteiger charge is 2.20. The van der Waals surface area contributed by atoms with Crippen LogP contribution in [-0.4, -0.2) is 0 Å². The number of halogens is 4. The monoisotopic (exact) mass is 498 g/mol. The van der Waals surface area contributed by atoms with E-state index in [2.05, 4.69) is 25.1 Å². The summed E-state index contributed by atoms with van der Waals surface area (Å²) < 4.78 is 42.6. The molecule has 4 heteroatoms. The molecule has 0 bridgehead atoms. The Morgan fingerprint density at radius 3 is 2.17 bits per heavy atom. The van der Waals surface area contributed by atoms with E-state index >= 15 is 4.39 Å². The van der Waals surface area contributed by atoms with Crippen molar-refractivity contribution < 1.29 is 13.2 Å². The molecule has 0 spiro atoms. The van der Waals surface area contributed by atoms with E-state index in [9.17, 15) is 8.78 Å². The third-order valence-corrected chi connectivity index (χ3v) is 7.97. The van der Waals surface area contributed by atoms with Crippen LogP contribution in [0.4, 0.5) is 13.2 Å². The SMILES string of the molecule is C/C=C/CCC1CCC(CCc2ccc3c(F)c(CCc4cc(F)c(Cl)c(F)c4)ccc3c2)CC1. The van der Waals surface area contributed by atoms with E-state index in [1.807, 2.05) is 18.2 Å². The van der Waals surface area contributed by atoms with Crippen LogP contribution >= 0.6 is 11.6 Å². The van der Waals surface area contributed by atoms with Gasteiger partial charge in [-0.25, -0.2) is 13.2 Å². The first kappa shape index (κ1) is 25.8. The largest absolute Gasteiger partial charge is 0.206 e. The zero-order chi connectivity index (χ0) is 24.8. The molecule has 0 nitrogen and oxygen atoms in total. The molecule has 1 fully saturated rings. The van der Waals surface area contributed by atoms with Gasteiger partial charge in [-0.3, -0.25) is 0 Å². The fourth-order valence-corrected chi connectivity index (χ4v) is 5.55. The standard InChI is InChI=1S/C31H34ClF3/c1-2-3-4-5-21-6-8-22(9-7-21)10-11-23-13-17-27-26(18-23)16-15-25(31(27)35)14-12-24-19-28(33)30(32)29(34)20-24/h2-3,13,15-22H,4-12,14H2,1H3/b3-2+. The van der Waals surface area contributed by atoms with Gasteiger partial charge in [0, 0.05) is 5.39 Å². The van der Waals surface area contributed by atoms with Gasteiger partial charge < -0.3 is 0 Å². The van der Waals surface area contributed by atoms with Gasteiger partial charge in [0.15, 0.2) is 0 Å². The molecule has 1 aliphatic carbocycles. The van der Waals surface area contributed by atoms with Crippen molar-refractivity contribution in [2.24, 2.45) is 11.8 Å². The van der Waals surface area contributed by atoms with Crippen LogP contribution in [0, 0.1) is 29.3 Å². The molecule has 35 heavy (non-hydrogen) atoms. The second-order valence-corrected chi connectivity index (χ2v) is 10.4. The number of allylic oxidation sites excluding steroid dienone is 2. The zero-order valence-corrected chi connectivity index (χ0v) is 21.2. The summed E-state index contributed by atoms with van der Waals surface area (Å²) in [6.07, 6.45) is 15.2. The molecule has 0 unspecified atom stereocenters. The first-order valence-electron chi connectivity index (χ1n) is 12.9. The smallest absolute Gasteiger partial charge is 0.145 e. The van der Waals surface area contributed by atoms with Crippen LogP contribution in [0.1, 0.15) is 68.6 Å². The van der Waals surface area contributed by atoms with Crippen molar-refractivity contribution in [2.75, 3.05) is 0 Å². The maximum atomic E-state index is 15.2. The highest BCUT2D eigenvalue weighted by atomic mass is 35.5. The summed E-state index contributed by atoms with van der Waals surface area (Å²) in [5, 5.41) is 0.996. The van der Waals surface area contributed by atoms with E-state index in [1.54, 1.807) is 6.07 Å². The molecule has 0 saturated heterocycles. The average molecular weight is 499 g/mol. The van der Waals surface area contributed by atoms with Crippen molar-refractivity contribution in [1.29, 1.82) is 0 Å². The van der Waals surface area contributed by atoms with E-state index in [0.29, 0.717) is 29.4 Å². The number of aryl methyl sites for hydroxylation is 3. The second kappa shape index (κ2) is 12.1. The minimum absolute atomic E-state index is 0.250. The Morgan fingerprint density at radius 1 is 0.800 bits per heavy atom. The van der Waals surface area contributed by atoms with Crippen LogP contribution in [-0.2, 0) is 19.3 Å². The molecule has 3 aromatic carbocycles. The molecule has 0 N–H and O–H groups in total. The predicted molar refractivity (Wildman–Crippen MR) is 140 cm³/mol. The van der Waals surface area contributed by atoms with Crippen molar-refractivity contribution in [3.63, 3.8) is 0 Å². The lowest BCUT2D eigenvalue weighted by Gasteiger charge is -2.28. The van der Waals surface area contributed by atoms with Gasteiger partial charge in [-0.15, -0.1) is 0 Å². The summed E-state index contributed by atoms with van der Waals surface area (Å²) in [4.78, 5) is 0. The van der Waals surface area contributed by atoms with Crippen LogP contribution in [0.5, 0.6) is 0 Å². The molecule has 0 radical (unpaired) electrons. The van der Waals surface area contributed by atoms with Crippen LogP contribution in [0.2, 0.25) is 5.02 Å². The molecule has 0 aromatic heterocycles. The Hall–Kier alpha value is -2.26. The molecule has 0 amide bonds. The van der Waals surface area contributed by atoms with Crippen molar-refractivity contribution in [1.82, 2.24) is 0 Å². The van der Waals surface area contributed by atoms with Gasteiger partial charge in [0.05, 0.1) is 0 Å². The lowest BCUT2D eigenvalue weighted by molar-refractivity contribution is 0.254. The van der Waals surface area contributed by atoms with E-state index in [4.69, 9.17) is 11.6 Å². The Balaban J connectivity index is 1.33. The topological polar surface area (TPSA) is 0 Å². The summed E-state index contributed by atoms with van der Waals surface area (Å²) in [6.45, 7) is 2.09. The summed E-state index contributed by atoms with van der Waals surface area (Å²) in [7, 11) is 0. The zero-order valence-electron chi connectivity index (χ0n) is 20.4. The first-order valence-corrected chi connectivity index (χ1v) is 13.3. The lowest BCUT2D eigenvalue weighted by Crippen LogP contribution is -2.15. The third kappa shape index (κ3) is 6.70. The first-order chi connectivity index (χ1) is 16.9. The molecular formula is C31H34ClF3. The van der Waals surface area contributed by atoms with E-state index in [1.165, 1.54) is 62.6 Å². The van der Waals surface area contributed by atoms with Crippen molar-refractivity contribution in [3.05, 3.63) is 93.8 Å². The number of fused-ring (bicyclic) bond motifs is 1. The van der Waals surface area contributed by atoms with Crippen molar-refractivity contribution in [2.45, 2.75) is 71.1 Å². The quantitative estimate of drug-likeness (QED) is 0.203. The molecule has 1 saturated carbocycles. The summed E-state index contributed by atoms with van der Waals surface area (Å²) in [5.41, 5.74) is 2.27. The maximum Gasteiger partial charge on any atom is 0.145 e. The Labute approximate surface area is 212 Å². The fraction of sp³-hybridized carbons (Fsp3) is 0.419. The summed E-state index contributed by atoms with van der Waals surface area (Å²) >= 11 is 5.55. The molecule has 0 heterocycles. The van der Waals surface area contributed by atoms with Gasteiger partial charge in [-0.05, 0) is 91.5 Å². The van der Waals surface area contributed by atoms with Gasteiger partial charge >= 0.3 is 0 Å². The minimum Gasteiger partial charge on any atom is -0.206 e. The highest BCUT2D eigenvalue weighted by molar-refractivity contribution is 6.30. The Morgan fingerprint density at radius 2 is 1.49 bits per heavy atom. The number of hydrogen-bond acceptors (Lipinski definition) is 0. The number of hydrogen-bond donors (Lipinski definition) is 0. The molecule has 3 aromatic rings. The minimum atomic E-state index is -0.786. The van der Waals surface area contributed by atoms with Crippen LogP contribution in [0.25, 0.3) is 10.8 Å². The van der Waals surface area contributed by atoms with Gasteiger partial charge in [-0.1, -0.05) is 79.8 Å². The maximum absolute atomic E-state index is 15.2. The molecule has 0 atom stereocenters. The molecule has 186 valence electrons. The summed E-state index contributed by atoms with van der Waals surface area (Å²) in [5.74, 6) is -0.139. The Kier molecular flexibility index (Phi) is 8.94. The molecule has 0 aliphatic heterocycles. The number of rotatable bonds is 9. The van der Waals surface area contributed by atoms with Crippen molar-refractivity contribution >= 4 is 22.4 Å². The summed E-state index contributed by atoms with van der Waals surface area (Å²) in [6, 6.07) is 12.2. The van der Waals surface area contributed by atoms with Gasteiger partial charge in [0.25, 0.3) is 0 Å². The highest BCUT2D eigenvalue weighted by Crippen LogP contribution is 2.34. The molecule has 1 aliphatic rings. The van der Waals surface area contributed by atoms with Gasteiger partial charge in [-0.2, -0.15) is 0 Å². The normalized spacial score (nSPS) is 18.5. The van der Waals surface area contributed by atoms with Crippen LogP contribution in [0.15, 0.2) is 54.6 Å².